The lowest BCUT2D eigenvalue weighted by molar-refractivity contribution is -0.117. The number of hydrogen-bond acceptors (Lipinski definition) is 5. The maximum Gasteiger partial charge on any atom is 0.239 e. The van der Waals surface area contributed by atoms with Crippen molar-refractivity contribution in [3.05, 3.63) is 18.6 Å². The van der Waals surface area contributed by atoms with Crippen molar-refractivity contribution in [2.24, 2.45) is 0 Å². The van der Waals surface area contributed by atoms with Crippen LogP contribution in [0.3, 0.4) is 0 Å². The van der Waals surface area contributed by atoms with Gasteiger partial charge in [0.15, 0.2) is 5.82 Å². The number of carbonyl (C=O) groups is 1. The number of likely N-dealkylation sites (tertiary alicyclic amines) is 1. The van der Waals surface area contributed by atoms with Gasteiger partial charge in [0.25, 0.3) is 0 Å². The van der Waals surface area contributed by atoms with Crippen molar-refractivity contribution >= 4 is 11.7 Å². The smallest absolute Gasteiger partial charge is 0.239 e. The van der Waals surface area contributed by atoms with Crippen LogP contribution >= 0.6 is 0 Å². The van der Waals surface area contributed by atoms with Gasteiger partial charge in [-0.3, -0.25) is 14.7 Å². The maximum atomic E-state index is 11.8. The Hall–Kier alpha value is -1.53. The molecule has 0 radical (unpaired) electrons. The number of aliphatic hydroxyl groups excluding tert-OH is 1. The van der Waals surface area contributed by atoms with E-state index in [-0.39, 0.29) is 12.0 Å². The molecule has 2 rings (SSSR count). The van der Waals surface area contributed by atoms with Crippen LogP contribution in [0.5, 0.6) is 0 Å². The molecular formula is C12H18N4O2. The van der Waals surface area contributed by atoms with Crippen LogP contribution in [-0.2, 0) is 4.79 Å². The molecule has 1 saturated heterocycles. The first kappa shape index (κ1) is 12.9. The van der Waals surface area contributed by atoms with Gasteiger partial charge in [-0.05, 0) is 25.8 Å². The summed E-state index contributed by atoms with van der Waals surface area (Å²) >= 11 is 0. The molecule has 0 unspecified atom stereocenters. The van der Waals surface area contributed by atoms with Crippen molar-refractivity contribution in [2.75, 3.05) is 25.0 Å². The average molecular weight is 250 g/mol. The lowest BCUT2D eigenvalue weighted by atomic mass is 10.2. The Morgan fingerprint density at radius 1 is 1.44 bits per heavy atom. The molecule has 6 heteroatoms. The Balaban J connectivity index is 1.80. The highest BCUT2D eigenvalue weighted by Crippen LogP contribution is 2.10. The summed E-state index contributed by atoms with van der Waals surface area (Å²) in [5.41, 5.74) is 0. The van der Waals surface area contributed by atoms with Crippen molar-refractivity contribution < 1.29 is 9.90 Å². The van der Waals surface area contributed by atoms with Gasteiger partial charge < -0.3 is 10.4 Å². The molecule has 0 bridgehead atoms. The molecule has 0 saturated carbocycles. The van der Waals surface area contributed by atoms with Gasteiger partial charge in [0, 0.05) is 18.9 Å². The second kappa shape index (κ2) is 6.42. The zero-order chi connectivity index (χ0) is 12.8. The summed E-state index contributed by atoms with van der Waals surface area (Å²) in [6, 6.07) is 0. The van der Waals surface area contributed by atoms with Crippen LogP contribution < -0.4 is 5.32 Å². The summed E-state index contributed by atoms with van der Waals surface area (Å²) in [4.78, 5) is 21.7. The molecule has 1 aromatic heterocycles. The van der Waals surface area contributed by atoms with E-state index in [2.05, 4.69) is 20.2 Å². The fourth-order valence-corrected chi connectivity index (χ4v) is 2.05. The van der Waals surface area contributed by atoms with E-state index in [9.17, 15) is 9.90 Å². The largest absolute Gasteiger partial charge is 0.393 e. The molecule has 1 fully saturated rings. The Morgan fingerprint density at radius 2 is 2.33 bits per heavy atom. The van der Waals surface area contributed by atoms with E-state index in [0.29, 0.717) is 12.4 Å². The zero-order valence-corrected chi connectivity index (χ0v) is 10.2. The summed E-state index contributed by atoms with van der Waals surface area (Å²) in [6.07, 6.45) is 6.88. The van der Waals surface area contributed by atoms with Gasteiger partial charge in [-0.15, -0.1) is 0 Å². The lowest BCUT2D eigenvalue weighted by Gasteiger charge is -2.18. The first-order valence-electron chi connectivity index (χ1n) is 6.20. The minimum absolute atomic E-state index is 0.0908. The van der Waals surface area contributed by atoms with Gasteiger partial charge in [-0.25, -0.2) is 4.98 Å². The highest BCUT2D eigenvalue weighted by molar-refractivity contribution is 5.91. The van der Waals surface area contributed by atoms with Crippen LogP contribution in [0, 0.1) is 0 Å². The third-order valence-corrected chi connectivity index (χ3v) is 2.99. The van der Waals surface area contributed by atoms with E-state index in [0.717, 1.165) is 32.4 Å². The SMILES string of the molecule is O=C(CN1CCC[C@H](O)CC1)Nc1cnccn1. The topological polar surface area (TPSA) is 78.4 Å². The molecule has 1 amide bonds. The second-order valence-electron chi connectivity index (χ2n) is 4.50. The van der Waals surface area contributed by atoms with E-state index < -0.39 is 0 Å². The first-order chi connectivity index (χ1) is 8.74. The van der Waals surface area contributed by atoms with Crippen LogP contribution in [-0.4, -0.2) is 51.6 Å². The molecular weight excluding hydrogens is 232 g/mol. The molecule has 0 aliphatic carbocycles. The van der Waals surface area contributed by atoms with E-state index in [1.165, 1.54) is 12.4 Å². The highest BCUT2D eigenvalue weighted by Gasteiger charge is 2.17. The maximum absolute atomic E-state index is 11.8. The minimum atomic E-state index is -0.224. The summed E-state index contributed by atoms with van der Waals surface area (Å²) in [6.45, 7) is 1.95. The van der Waals surface area contributed by atoms with Gasteiger partial charge in [0.2, 0.25) is 5.91 Å². The Labute approximate surface area is 106 Å². The Morgan fingerprint density at radius 3 is 3.11 bits per heavy atom. The number of hydrogen-bond donors (Lipinski definition) is 2. The van der Waals surface area contributed by atoms with Crippen molar-refractivity contribution in [3.8, 4) is 0 Å². The lowest BCUT2D eigenvalue weighted by Crippen LogP contribution is -2.34. The summed E-state index contributed by atoms with van der Waals surface area (Å²) in [5.74, 6) is 0.379. The van der Waals surface area contributed by atoms with E-state index in [1.54, 1.807) is 6.20 Å². The Kier molecular flexibility index (Phi) is 4.60. The molecule has 1 aromatic rings. The second-order valence-corrected chi connectivity index (χ2v) is 4.50. The van der Waals surface area contributed by atoms with Gasteiger partial charge in [0.1, 0.15) is 0 Å². The predicted molar refractivity (Wildman–Crippen MR) is 67.0 cm³/mol. The number of nitrogens with one attached hydrogen (secondary N) is 1. The minimum Gasteiger partial charge on any atom is -0.393 e. The quantitative estimate of drug-likeness (QED) is 0.804. The molecule has 1 aliphatic heterocycles. The van der Waals surface area contributed by atoms with Gasteiger partial charge in [-0.1, -0.05) is 0 Å². The van der Waals surface area contributed by atoms with E-state index >= 15 is 0 Å². The molecule has 18 heavy (non-hydrogen) atoms. The van der Waals surface area contributed by atoms with Crippen molar-refractivity contribution in [1.29, 1.82) is 0 Å². The van der Waals surface area contributed by atoms with Crippen LogP contribution in [0.25, 0.3) is 0 Å². The van der Waals surface area contributed by atoms with Crippen molar-refractivity contribution in [3.63, 3.8) is 0 Å². The molecule has 98 valence electrons. The number of carbonyl (C=O) groups excluding carboxylic acids is 1. The number of aliphatic hydroxyl groups is 1. The van der Waals surface area contributed by atoms with E-state index in [4.69, 9.17) is 0 Å². The van der Waals surface area contributed by atoms with Crippen LogP contribution in [0.4, 0.5) is 5.82 Å². The normalized spacial score (nSPS) is 21.3. The van der Waals surface area contributed by atoms with Crippen LogP contribution in [0.1, 0.15) is 19.3 Å². The van der Waals surface area contributed by atoms with Crippen molar-refractivity contribution in [2.45, 2.75) is 25.4 Å². The number of nitrogens with zero attached hydrogens (tertiary/aromatic N) is 3. The van der Waals surface area contributed by atoms with Gasteiger partial charge in [-0.2, -0.15) is 0 Å². The standard InChI is InChI=1S/C12H18N4O2/c17-10-2-1-6-16(7-3-10)9-12(18)15-11-8-13-4-5-14-11/h4-5,8,10,17H,1-3,6-7,9H2,(H,14,15,18)/t10-/m0/s1. The first-order valence-corrected chi connectivity index (χ1v) is 6.20. The zero-order valence-electron chi connectivity index (χ0n) is 10.2. The molecule has 0 aromatic carbocycles. The van der Waals surface area contributed by atoms with E-state index in [1.807, 2.05) is 0 Å². The highest BCUT2D eigenvalue weighted by atomic mass is 16.3. The molecule has 1 aliphatic rings. The Bertz CT molecular complexity index is 385. The van der Waals surface area contributed by atoms with Gasteiger partial charge in [0.05, 0.1) is 18.8 Å². The third kappa shape index (κ3) is 4.05. The molecule has 2 N–H and O–H groups in total. The molecule has 6 nitrogen and oxygen atoms in total. The number of anilines is 1. The summed E-state index contributed by atoms with van der Waals surface area (Å²) in [7, 11) is 0. The monoisotopic (exact) mass is 250 g/mol. The fourth-order valence-electron chi connectivity index (χ4n) is 2.05. The fraction of sp³-hybridized carbons (Fsp3) is 0.583. The predicted octanol–water partition coefficient (Wildman–Crippen LogP) is 0.262. The van der Waals surface area contributed by atoms with Gasteiger partial charge >= 0.3 is 0 Å². The number of aromatic nitrogens is 2. The van der Waals surface area contributed by atoms with Crippen LogP contribution in [0.15, 0.2) is 18.6 Å². The molecule has 0 spiro atoms. The molecule has 2 heterocycles. The number of rotatable bonds is 3. The summed E-state index contributed by atoms with van der Waals surface area (Å²) < 4.78 is 0. The van der Waals surface area contributed by atoms with Crippen LogP contribution in [0.2, 0.25) is 0 Å². The average Bonchev–Trinajstić information content (AvgIpc) is 2.56. The third-order valence-electron chi connectivity index (χ3n) is 2.99. The summed E-state index contributed by atoms with van der Waals surface area (Å²) in [5, 5.41) is 12.2. The number of amides is 1. The van der Waals surface area contributed by atoms with Crippen molar-refractivity contribution in [1.82, 2.24) is 14.9 Å². The molecule has 1 atom stereocenters.